The van der Waals surface area contributed by atoms with E-state index in [4.69, 9.17) is 19.5 Å². The molecule has 0 spiro atoms. The van der Waals surface area contributed by atoms with Crippen LogP contribution in [0.5, 0.6) is 0 Å². The molecule has 3 rings (SSSR count). The number of carbonyl (C=O) groups excluding carboxylic acids is 4. The number of hydrogen-bond donors (Lipinski definition) is 10. The molecule has 388 valence electrons. The van der Waals surface area contributed by atoms with Crippen LogP contribution >= 0.6 is 35.2 Å². The third-order valence-electron chi connectivity index (χ3n) is 9.80. The van der Waals surface area contributed by atoms with Crippen molar-refractivity contribution in [1.82, 2.24) is 30.2 Å². The van der Waals surface area contributed by atoms with Gasteiger partial charge in [0.05, 0.1) is 32.1 Å². The maximum atomic E-state index is 12.7. The van der Waals surface area contributed by atoms with E-state index in [1.807, 2.05) is 6.08 Å². The molecule has 1 saturated heterocycles. The van der Waals surface area contributed by atoms with Gasteiger partial charge in [0.1, 0.15) is 42.0 Å². The van der Waals surface area contributed by atoms with Crippen LogP contribution in [0.4, 0.5) is 5.82 Å². The summed E-state index contributed by atoms with van der Waals surface area (Å²) in [5.74, 6) is -1.64. The average Bonchev–Trinajstić information content (AvgIpc) is 3.82. The van der Waals surface area contributed by atoms with Gasteiger partial charge in [-0.25, -0.2) is 28.6 Å². The molecule has 0 bridgehead atoms. The molecule has 11 N–H and O–H groups in total. The second-order valence-electron chi connectivity index (χ2n) is 16.1. The van der Waals surface area contributed by atoms with Crippen molar-refractivity contribution in [3.63, 3.8) is 0 Å². The largest absolute Gasteiger partial charge is 0.481 e. The monoisotopic (exact) mass is 1060 g/mol. The molecule has 26 nitrogen and oxygen atoms in total. The van der Waals surface area contributed by atoms with Crippen LogP contribution in [0.2, 0.25) is 0 Å². The molecule has 2 aromatic rings. The van der Waals surface area contributed by atoms with E-state index in [1.165, 1.54) is 20.3 Å². The summed E-state index contributed by atoms with van der Waals surface area (Å²) in [6.07, 6.45) is 8.50. The van der Waals surface area contributed by atoms with Gasteiger partial charge in [0, 0.05) is 37.1 Å². The molecule has 69 heavy (non-hydrogen) atoms. The van der Waals surface area contributed by atoms with Crippen molar-refractivity contribution in [3.8, 4) is 0 Å². The summed E-state index contributed by atoms with van der Waals surface area (Å²) in [5, 5.41) is 36.1. The Balaban J connectivity index is 1.34. The van der Waals surface area contributed by atoms with E-state index in [1.54, 1.807) is 24.3 Å². The number of nitrogens with two attached hydrogens (primary N) is 1. The molecule has 2 unspecified atom stereocenters. The fourth-order valence-corrected chi connectivity index (χ4v) is 9.68. The van der Waals surface area contributed by atoms with Gasteiger partial charge >= 0.3 is 23.5 Å². The number of aromatic nitrogens is 4. The molecule has 8 atom stereocenters. The summed E-state index contributed by atoms with van der Waals surface area (Å²) in [4.78, 5) is 100. The van der Waals surface area contributed by atoms with Gasteiger partial charge in [0.25, 0.3) is 0 Å². The van der Waals surface area contributed by atoms with Gasteiger partial charge in [-0.05, 0) is 25.7 Å². The number of aliphatic hydroxyl groups excluding tert-OH is 3. The van der Waals surface area contributed by atoms with Crippen LogP contribution in [0, 0.1) is 5.41 Å². The zero-order valence-electron chi connectivity index (χ0n) is 38.1. The minimum atomic E-state index is -5.60. The van der Waals surface area contributed by atoms with Gasteiger partial charge in [-0.3, -0.25) is 37.3 Å². The fourth-order valence-electron chi connectivity index (χ4n) is 6.15. The second-order valence-corrected chi connectivity index (χ2v) is 21.5. The van der Waals surface area contributed by atoms with Crippen molar-refractivity contribution in [2.45, 2.75) is 115 Å². The summed E-state index contributed by atoms with van der Waals surface area (Å²) in [6, 6.07) is 0. The normalized spacial score (nSPS) is 20.6. The van der Waals surface area contributed by atoms with Crippen molar-refractivity contribution in [2.24, 2.45) is 5.41 Å². The van der Waals surface area contributed by atoms with Gasteiger partial charge in [0.15, 0.2) is 22.8 Å². The van der Waals surface area contributed by atoms with E-state index < -0.39 is 90.7 Å². The molecule has 0 aromatic carbocycles. The molecule has 2 amide bonds. The molecule has 0 aliphatic carbocycles. The number of aliphatic hydroxyl groups is 3. The van der Waals surface area contributed by atoms with Gasteiger partial charge in [-0.2, -0.15) is 4.31 Å². The highest BCUT2D eigenvalue weighted by Crippen LogP contribution is 2.61. The molecular weight excluding hydrogens is 995 g/mol. The third-order valence-corrected chi connectivity index (χ3v) is 13.8. The first-order valence-corrected chi connectivity index (χ1v) is 27.1. The number of amides is 2. The highest BCUT2D eigenvalue weighted by molar-refractivity contribution is 8.13. The van der Waals surface area contributed by atoms with Crippen molar-refractivity contribution < 1.29 is 90.4 Å². The van der Waals surface area contributed by atoms with E-state index >= 15 is 0 Å². The number of fused-ring (bicyclic) bond motifs is 1. The number of thioether (sulfide) groups is 1. The van der Waals surface area contributed by atoms with E-state index in [2.05, 4.69) is 47.4 Å². The molecule has 0 saturated carbocycles. The van der Waals surface area contributed by atoms with E-state index in [0.29, 0.717) is 12.8 Å². The Morgan fingerprint density at radius 3 is 2.39 bits per heavy atom. The SMILES string of the molecule is CCCCC/C=C\C[C@@H](O)/C=C/C=C/CCC(=O)CC(=O)SCCNC(=O)CCNC(=O)[C@H](O)C(C)(C)COP(=O)(O)OP(=O)(O)OC[C@H]1O[C@@H](n2cnc3c(N)ncnc32)[C@H](O)[C@@H]1OP(=O)(O)O. The summed E-state index contributed by atoms with van der Waals surface area (Å²) in [6.45, 7) is 2.37. The van der Waals surface area contributed by atoms with Crippen LogP contribution < -0.4 is 16.4 Å². The van der Waals surface area contributed by atoms with E-state index in [9.17, 15) is 67.8 Å². The molecule has 0 radical (unpaired) electrons. The Morgan fingerprint density at radius 2 is 1.68 bits per heavy atom. The van der Waals surface area contributed by atoms with Gasteiger partial charge in [-0.1, -0.05) is 81.8 Å². The smallest absolute Gasteiger partial charge is 0.389 e. The summed E-state index contributed by atoms with van der Waals surface area (Å²) < 4.78 is 62.3. The number of imidazole rings is 1. The number of rotatable bonds is 32. The first-order chi connectivity index (χ1) is 32.3. The maximum absolute atomic E-state index is 12.7. The Hall–Kier alpha value is -3.59. The van der Waals surface area contributed by atoms with Gasteiger partial charge in [-0.15, -0.1) is 0 Å². The van der Waals surface area contributed by atoms with Crippen LogP contribution in [0.25, 0.3) is 11.2 Å². The summed E-state index contributed by atoms with van der Waals surface area (Å²) in [7, 11) is -16.5. The standard InChI is InChI=1S/C39H62N7O19P3S/c1-4-5-6-7-8-11-14-26(47)15-12-9-10-13-16-27(48)21-30(50)69-20-19-41-29(49)17-18-42-37(53)34(52)39(2,3)23-62-68(59,60)65-67(57,58)61-22-28-33(64-66(54,55)56)32(51)38(63-28)46-25-45-31-35(40)43-24-44-36(31)46/h8-12,15,24-26,28,32-34,38,47,51-52H,4-7,13-14,16-23H2,1-3H3,(H,41,49)(H,42,53)(H,57,58)(H,59,60)(H2,40,43,44)(H2,54,55,56)/b10-9+,11-8-,15-12+/t26-,28-,32-,33-,34+,38-/m1/s1. The minimum absolute atomic E-state index is 0.0199. The molecule has 1 fully saturated rings. The number of unbranched alkanes of at least 4 members (excludes halogenated alkanes) is 3. The van der Waals surface area contributed by atoms with Crippen molar-refractivity contribution in [2.75, 3.05) is 37.8 Å². The molecule has 1 aliphatic heterocycles. The number of phosphoric ester groups is 3. The molecule has 30 heteroatoms. The Bertz CT molecular complexity index is 2260. The maximum Gasteiger partial charge on any atom is 0.481 e. The van der Waals surface area contributed by atoms with E-state index in [0.717, 1.165) is 48.2 Å². The highest BCUT2D eigenvalue weighted by Gasteiger charge is 2.50. The quantitative estimate of drug-likeness (QED) is 0.0165. The number of nitrogens with one attached hydrogen (secondary N) is 2. The number of hydrogen-bond acceptors (Lipinski definition) is 20. The van der Waals surface area contributed by atoms with Crippen LogP contribution in [0.3, 0.4) is 0 Å². The molecule has 3 heterocycles. The van der Waals surface area contributed by atoms with Crippen LogP contribution in [-0.2, 0) is 55.5 Å². The third kappa shape index (κ3) is 21.7. The van der Waals surface area contributed by atoms with E-state index in [-0.39, 0.29) is 66.0 Å². The van der Waals surface area contributed by atoms with Crippen molar-refractivity contribution in [1.29, 1.82) is 0 Å². The highest BCUT2D eigenvalue weighted by atomic mass is 32.2. The number of nitrogen functional groups attached to an aromatic ring is 1. The van der Waals surface area contributed by atoms with Crippen LogP contribution in [-0.4, -0.2) is 140 Å². The number of ketones is 1. The number of anilines is 1. The van der Waals surface area contributed by atoms with Crippen LogP contribution in [0.15, 0.2) is 49.1 Å². The van der Waals surface area contributed by atoms with Gasteiger partial charge < -0.3 is 56.0 Å². The summed E-state index contributed by atoms with van der Waals surface area (Å²) in [5.41, 5.74) is 4.21. The fraction of sp³-hybridized carbons (Fsp3) is 0.615. The summed E-state index contributed by atoms with van der Waals surface area (Å²) >= 11 is 0.877. The van der Waals surface area contributed by atoms with Crippen molar-refractivity contribution in [3.05, 3.63) is 49.1 Å². The Labute approximate surface area is 402 Å². The number of nitrogens with zero attached hydrogens (tertiary/aromatic N) is 4. The molecule has 1 aliphatic rings. The number of Topliss-reactive ketones (excluding diaryl/α,β-unsaturated/α-hetero) is 1. The predicted octanol–water partition coefficient (Wildman–Crippen LogP) is 2.40. The lowest BCUT2D eigenvalue weighted by atomic mass is 9.87. The average molecular weight is 1060 g/mol. The lowest BCUT2D eigenvalue weighted by molar-refractivity contribution is -0.137. The number of ether oxygens (including phenoxy) is 1. The second kappa shape index (κ2) is 28.4. The topological polar surface area (TPSA) is 401 Å². The van der Waals surface area contributed by atoms with Crippen LogP contribution in [0.1, 0.15) is 84.8 Å². The van der Waals surface area contributed by atoms with Gasteiger partial charge in [0.2, 0.25) is 11.8 Å². The first kappa shape index (κ1) is 59.7. The number of carbonyl (C=O) groups is 4. The number of phosphoric acid groups is 3. The molecular formula is C39H62N7O19P3S. The lowest BCUT2D eigenvalue weighted by Gasteiger charge is -2.30. The predicted molar refractivity (Wildman–Crippen MR) is 248 cm³/mol. The first-order valence-electron chi connectivity index (χ1n) is 21.6. The Morgan fingerprint density at radius 1 is 0.957 bits per heavy atom. The zero-order valence-corrected chi connectivity index (χ0v) is 41.6. The lowest BCUT2D eigenvalue weighted by Crippen LogP contribution is -2.46. The zero-order chi connectivity index (χ0) is 51.4. The molecule has 2 aromatic heterocycles. The minimum Gasteiger partial charge on any atom is -0.389 e. The Kier molecular flexibility index (Phi) is 24.6. The number of allylic oxidation sites excluding steroid dienone is 4. The van der Waals surface area contributed by atoms with Crippen molar-refractivity contribution >= 4 is 74.9 Å².